The normalized spacial score (nSPS) is 16.2. The van der Waals surface area contributed by atoms with E-state index in [1.807, 2.05) is 18.2 Å². The van der Waals surface area contributed by atoms with E-state index in [4.69, 9.17) is 0 Å². The average Bonchev–Trinajstić information content (AvgIpc) is 2.51. The van der Waals surface area contributed by atoms with Gasteiger partial charge in [0.15, 0.2) is 0 Å². The molecule has 14 heavy (non-hydrogen) atoms. The third-order valence-corrected chi connectivity index (χ3v) is 2.63. The fourth-order valence-corrected chi connectivity index (χ4v) is 1.75. The molecule has 1 aromatic rings. The molecule has 1 aromatic carbocycles. The van der Waals surface area contributed by atoms with Crippen LogP contribution in [0.5, 0.6) is 0 Å². The predicted octanol–water partition coefficient (Wildman–Crippen LogP) is 3.72. The van der Waals surface area contributed by atoms with E-state index < -0.39 is 0 Å². The molecule has 1 aliphatic rings. The Morgan fingerprint density at radius 2 is 1.86 bits per heavy atom. The zero-order chi connectivity index (χ0) is 9.97. The highest BCUT2D eigenvalue weighted by atomic mass is 14.9. The molecule has 0 radical (unpaired) electrons. The summed E-state index contributed by atoms with van der Waals surface area (Å²) in [6.45, 7) is 6.23. The quantitative estimate of drug-likeness (QED) is 0.740. The number of para-hydroxylation sites is 1. The third kappa shape index (κ3) is 1.72. The summed E-state index contributed by atoms with van der Waals surface area (Å²) in [5, 5.41) is 3.42. The van der Waals surface area contributed by atoms with E-state index in [1.165, 1.54) is 16.8 Å². The van der Waals surface area contributed by atoms with Gasteiger partial charge >= 0.3 is 0 Å². The van der Waals surface area contributed by atoms with Crippen molar-refractivity contribution in [3.8, 4) is 0 Å². The minimum absolute atomic E-state index is 1.10. The van der Waals surface area contributed by atoms with Gasteiger partial charge in [-0.05, 0) is 43.0 Å². The lowest BCUT2D eigenvalue weighted by Gasteiger charge is -2.09. The number of benzene rings is 1. The lowest BCUT2D eigenvalue weighted by atomic mass is 10.2. The summed E-state index contributed by atoms with van der Waals surface area (Å²) in [7, 11) is 0. The molecule has 0 aliphatic heterocycles. The first-order valence-corrected chi connectivity index (χ1v) is 4.97. The molecule has 0 atom stereocenters. The number of nitrogens with one attached hydrogen (secondary N) is 1. The van der Waals surface area contributed by atoms with Crippen molar-refractivity contribution >= 4 is 5.69 Å². The summed E-state index contributed by atoms with van der Waals surface area (Å²) in [5.74, 6) is 0. The van der Waals surface area contributed by atoms with Gasteiger partial charge in [-0.3, -0.25) is 0 Å². The van der Waals surface area contributed by atoms with Crippen molar-refractivity contribution in [1.29, 1.82) is 0 Å². The SMILES string of the molecule is C=C1CCC(C)=C1Nc1ccccc1. The zero-order valence-electron chi connectivity index (χ0n) is 8.51. The van der Waals surface area contributed by atoms with Crippen molar-refractivity contribution in [2.24, 2.45) is 0 Å². The van der Waals surface area contributed by atoms with Crippen LogP contribution in [0, 0.1) is 0 Å². The highest BCUT2D eigenvalue weighted by Crippen LogP contribution is 2.30. The molecule has 0 saturated carbocycles. The van der Waals surface area contributed by atoms with Crippen molar-refractivity contribution in [3.05, 3.63) is 53.8 Å². The molecule has 1 N–H and O–H groups in total. The Kier molecular flexibility index (Phi) is 2.40. The average molecular weight is 185 g/mol. The Balaban J connectivity index is 2.19. The summed E-state index contributed by atoms with van der Waals surface area (Å²) >= 11 is 0. The second kappa shape index (κ2) is 3.70. The Morgan fingerprint density at radius 3 is 2.43 bits per heavy atom. The van der Waals surface area contributed by atoms with Crippen LogP contribution in [0.25, 0.3) is 0 Å². The first-order valence-electron chi connectivity index (χ1n) is 4.97. The van der Waals surface area contributed by atoms with E-state index in [2.05, 4.69) is 31.0 Å². The van der Waals surface area contributed by atoms with E-state index in [9.17, 15) is 0 Å². The van der Waals surface area contributed by atoms with Gasteiger partial charge in [-0.1, -0.05) is 24.8 Å². The molecule has 0 bridgehead atoms. The van der Waals surface area contributed by atoms with Crippen LogP contribution in [0.1, 0.15) is 19.8 Å². The largest absolute Gasteiger partial charge is 0.355 e. The number of rotatable bonds is 2. The lowest BCUT2D eigenvalue weighted by Crippen LogP contribution is -1.99. The van der Waals surface area contributed by atoms with Gasteiger partial charge in [0.1, 0.15) is 0 Å². The Morgan fingerprint density at radius 1 is 1.14 bits per heavy atom. The minimum atomic E-state index is 1.10. The molecule has 0 amide bonds. The molecule has 72 valence electrons. The molecule has 1 heteroatoms. The Labute approximate surface area is 85.2 Å². The minimum Gasteiger partial charge on any atom is -0.355 e. The molecule has 0 heterocycles. The molecule has 0 fully saturated rings. The molecule has 1 aliphatic carbocycles. The van der Waals surface area contributed by atoms with Crippen molar-refractivity contribution in [3.63, 3.8) is 0 Å². The van der Waals surface area contributed by atoms with Crippen LogP contribution in [0.4, 0.5) is 5.69 Å². The first-order chi connectivity index (χ1) is 6.77. The second-order valence-electron chi connectivity index (χ2n) is 3.75. The van der Waals surface area contributed by atoms with Crippen LogP contribution in [-0.4, -0.2) is 0 Å². The Bertz CT molecular complexity index is 373. The second-order valence-corrected chi connectivity index (χ2v) is 3.75. The van der Waals surface area contributed by atoms with E-state index in [0.717, 1.165) is 18.5 Å². The highest BCUT2D eigenvalue weighted by Gasteiger charge is 2.14. The topological polar surface area (TPSA) is 12.0 Å². The molecule has 1 nitrogen and oxygen atoms in total. The number of allylic oxidation sites excluding steroid dienone is 2. The summed E-state index contributed by atoms with van der Waals surface area (Å²) in [6.07, 6.45) is 2.25. The van der Waals surface area contributed by atoms with E-state index >= 15 is 0 Å². The lowest BCUT2D eigenvalue weighted by molar-refractivity contribution is 1.01. The molecule has 0 spiro atoms. The van der Waals surface area contributed by atoms with Crippen molar-refractivity contribution in [1.82, 2.24) is 0 Å². The van der Waals surface area contributed by atoms with Gasteiger partial charge in [-0.15, -0.1) is 0 Å². The van der Waals surface area contributed by atoms with Gasteiger partial charge in [-0.25, -0.2) is 0 Å². The standard InChI is InChI=1S/C13H15N/c1-10-8-9-11(2)13(10)14-12-6-4-3-5-7-12/h3-7,14H,1,8-9H2,2H3. The zero-order valence-corrected chi connectivity index (χ0v) is 8.51. The van der Waals surface area contributed by atoms with E-state index in [0.29, 0.717) is 0 Å². The predicted molar refractivity (Wildman–Crippen MR) is 61.1 cm³/mol. The number of hydrogen-bond acceptors (Lipinski definition) is 1. The molecular weight excluding hydrogens is 170 g/mol. The van der Waals surface area contributed by atoms with Crippen LogP contribution in [-0.2, 0) is 0 Å². The maximum atomic E-state index is 4.06. The van der Waals surface area contributed by atoms with E-state index in [-0.39, 0.29) is 0 Å². The number of hydrogen-bond donors (Lipinski definition) is 1. The van der Waals surface area contributed by atoms with Crippen molar-refractivity contribution in [2.45, 2.75) is 19.8 Å². The molecule has 0 saturated heterocycles. The summed E-state index contributed by atoms with van der Waals surface area (Å²) in [4.78, 5) is 0. The van der Waals surface area contributed by atoms with Crippen molar-refractivity contribution in [2.75, 3.05) is 5.32 Å². The number of anilines is 1. The van der Waals surface area contributed by atoms with Gasteiger partial charge in [-0.2, -0.15) is 0 Å². The fourth-order valence-electron chi connectivity index (χ4n) is 1.75. The molecule has 2 rings (SSSR count). The summed E-state index contributed by atoms with van der Waals surface area (Å²) in [5.41, 5.74) is 5.02. The molecular formula is C13H15N. The van der Waals surface area contributed by atoms with Gasteiger partial charge < -0.3 is 5.32 Å². The maximum absolute atomic E-state index is 4.06. The van der Waals surface area contributed by atoms with Gasteiger partial charge in [0, 0.05) is 11.4 Å². The van der Waals surface area contributed by atoms with Crippen LogP contribution in [0.2, 0.25) is 0 Å². The molecule has 0 aromatic heterocycles. The van der Waals surface area contributed by atoms with Gasteiger partial charge in [0.05, 0.1) is 0 Å². The fraction of sp³-hybridized carbons (Fsp3) is 0.231. The van der Waals surface area contributed by atoms with Gasteiger partial charge in [0.2, 0.25) is 0 Å². The monoisotopic (exact) mass is 185 g/mol. The highest BCUT2D eigenvalue weighted by molar-refractivity contribution is 5.55. The van der Waals surface area contributed by atoms with Crippen LogP contribution >= 0.6 is 0 Å². The third-order valence-electron chi connectivity index (χ3n) is 2.63. The smallest absolute Gasteiger partial charge is 0.0400 e. The van der Waals surface area contributed by atoms with Crippen LogP contribution < -0.4 is 5.32 Å². The van der Waals surface area contributed by atoms with E-state index in [1.54, 1.807) is 0 Å². The Hall–Kier alpha value is -1.50. The van der Waals surface area contributed by atoms with Crippen molar-refractivity contribution < 1.29 is 0 Å². The van der Waals surface area contributed by atoms with Crippen LogP contribution in [0.3, 0.4) is 0 Å². The van der Waals surface area contributed by atoms with Crippen LogP contribution in [0.15, 0.2) is 53.8 Å². The summed E-state index contributed by atoms with van der Waals surface area (Å²) in [6, 6.07) is 10.2. The van der Waals surface area contributed by atoms with Gasteiger partial charge in [0.25, 0.3) is 0 Å². The maximum Gasteiger partial charge on any atom is 0.0400 e. The first kappa shape index (κ1) is 9.07. The summed E-state index contributed by atoms with van der Waals surface area (Å²) < 4.78 is 0. The molecule has 0 unspecified atom stereocenters.